The summed E-state index contributed by atoms with van der Waals surface area (Å²) in [5.74, 6) is 0.371. The zero-order valence-corrected chi connectivity index (χ0v) is 12.8. The fourth-order valence-electron chi connectivity index (χ4n) is 2.38. The molecule has 1 N–H and O–H groups in total. The molecule has 1 amide bonds. The molecular weight excluding hydrogens is 278 g/mol. The Morgan fingerprint density at radius 2 is 2.05 bits per heavy atom. The molecule has 0 aliphatic heterocycles. The van der Waals surface area contributed by atoms with Gasteiger partial charge in [-0.05, 0) is 38.5 Å². The van der Waals surface area contributed by atoms with Crippen molar-refractivity contribution in [2.24, 2.45) is 0 Å². The molecule has 0 saturated carbocycles. The van der Waals surface area contributed by atoms with Gasteiger partial charge in [-0.1, -0.05) is 6.07 Å². The number of carbonyl (C=O) groups is 1. The maximum Gasteiger partial charge on any atom is 0.270 e. The van der Waals surface area contributed by atoms with Crippen LogP contribution in [0.25, 0.3) is 5.65 Å². The van der Waals surface area contributed by atoms with Crippen LogP contribution < -0.4 is 5.32 Å². The Balaban J connectivity index is 1.75. The molecule has 0 unspecified atom stereocenters. The molecule has 3 rings (SSSR count). The minimum atomic E-state index is -0.220. The third-order valence-corrected chi connectivity index (χ3v) is 3.36. The lowest BCUT2D eigenvalue weighted by Crippen LogP contribution is -2.24. The smallest absolute Gasteiger partial charge is 0.270 e. The van der Waals surface area contributed by atoms with Crippen LogP contribution in [0.1, 0.15) is 33.3 Å². The van der Waals surface area contributed by atoms with Crippen molar-refractivity contribution in [3.63, 3.8) is 0 Å². The van der Waals surface area contributed by atoms with Crippen LogP contribution in [0.4, 0.5) is 0 Å². The van der Waals surface area contributed by atoms with Crippen LogP contribution in [0.2, 0.25) is 0 Å². The fraction of sp³-hybridized carbons (Fsp3) is 0.250. The normalized spacial score (nSPS) is 10.9. The number of hydrogen-bond acceptors (Lipinski definition) is 4. The van der Waals surface area contributed by atoms with Crippen LogP contribution in [0.5, 0.6) is 0 Å². The molecule has 6 nitrogen and oxygen atoms in total. The number of aromatic nitrogens is 4. The van der Waals surface area contributed by atoms with Crippen molar-refractivity contribution < 1.29 is 4.79 Å². The Morgan fingerprint density at radius 3 is 2.77 bits per heavy atom. The highest BCUT2D eigenvalue weighted by Crippen LogP contribution is 2.10. The van der Waals surface area contributed by atoms with E-state index in [0.29, 0.717) is 18.1 Å². The Kier molecular flexibility index (Phi) is 3.58. The quantitative estimate of drug-likeness (QED) is 0.802. The van der Waals surface area contributed by atoms with Gasteiger partial charge in [0.15, 0.2) is 0 Å². The zero-order chi connectivity index (χ0) is 15.7. The standard InChI is InChI=1S/C16H17N5O/c1-10-5-4-6-21-9-13(20-15(10)21)8-17-16(22)14-7-11(2)18-12(3)19-14/h4-7,9H,8H2,1-3H3,(H,17,22). The van der Waals surface area contributed by atoms with Crippen molar-refractivity contribution in [2.75, 3.05) is 0 Å². The molecule has 3 aromatic rings. The van der Waals surface area contributed by atoms with Crippen LogP contribution in [0.15, 0.2) is 30.6 Å². The third-order valence-electron chi connectivity index (χ3n) is 3.36. The van der Waals surface area contributed by atoms with Crippen molar-refractivity contribution in [1.29, 1.82) is 0 Å². The molecule has 0 spiro atoms. The molecule has 0 atom stereocenters. The first-order valence-electron chi connectivity index (χ1n) is 7.06. The van der Waals surface area contributed by atoms with E-state index in [-0.39, 0.29) is 5.91 Å². The molecule has 3 aromatic heterocycles. The lowest BCUT2D eigenvalue weighted by Gasteiger charge is -2.04. The maximum atomic E-state index is 12.2. The van der Waals surface area contributed by atoms with E-state index in [9.17, 15) is 4.79 Å². The van der Waals surface area contributed by atoms with E-state index in [1.807, 2.05) is 42.8 Å². The summed E-state index contributed by atoms with van der Waals surface area (Å²) in [4.78, 5) is 25.0. The molecular formula is C16H17N5O. The lowest BCUT2D eigenvalue weighted by atomic mass is 10.3. The van der Waals surface area contributed by atoms with E-state index in [4.69, 9.17) is 0 Å². The number of aryl methyl sites for hydroxylation is 3. The zero-order valence-electron chi connectivity index (χ0n) is 12.8. The minimum absolute atomic E-state index is 0.220. The van der Waals surface area contributed by atoms with Crippen LogP contribution in [0.3, 0.4) is 0 Å². The number of pyridine rings is 1. The largest absolute Gasteiger partial charge is 0.345 e. The van der Waals surface area contributed by atoms with Crippen molar-refractivity contribution in [2.45, 2.75) is 27.3 Å². The molecule has 3 heterocycles. The number of nitrogens with zero attached hydrogens (tertiary/aromatic N) is 4. The number of imidazole rings is 1. The Labute approximate surface area is 128 Å². The highest BCUT2D eigenvalue weighted by molar-refractivity contribution is 5.92. The van der Waals surface area contributed by atoms with Crippen LogP contribution >= 0.6 is 0 Å². The topological polar surface area (TPSA) is 72.2 Å². The van der Waals surface area contributed by atoms with E-state index in [1.165, 1.54) is 0 Å². The van der Waals surface area contributed by atoms with Crippen LogP contribution in [0, 0.1) is 20.8 Å². The fourth-order valence-corrected chi connectivity index (χ4v) is 2.38. The Hall–Kier alpha value is -2.76. The van der Waals surface area contributed by atoms with Crippen molar-refractivity contribution >= 4 is 11.6 Å². The molecule has 112 valence electrons. The number of amides is 1. The van der Waals surface area contributed by atoms with E-state index in [1.54, 1.807) is 13.0 Å². The van der Waals surface area contributed by atoms with Gasteiger partial charge in [-0.25, -0.2) is 15.0 Å². The highest BCUT2D eigenvalue weighted by Gasteiger charge is 2.10. The summed E-state index contributed by atoms with van der Waals surface area (Å²) < 4.78 is 1.95. The van der Waals surface area contributed by atoms with Crippen molar-refractivity contribution in [3.8, 4) is 0 Å². The van der Waals surface area contributed by atoms with E-state index in [0.717, 1.165) is 22.6 Å². The molecule has 6 heteroatoms. The summed E-state index contributed by atoms with van der Waals surface area (Å²) in [5.41, 5.74) is 3.97. The summed E-state index contributed by atoms with van der Waals surface area (Å²) in [5, 5.41) is 2.85. The maximum absolute atomic E-state index is 12.2. The van der Waals surface area contributed by atoms with Gasteiger partial charge in [-0.3, -0.25) is 4.79 Å². The van der Waals surface area contributed by atoms with Gasteiger partial charge in [0.1, 0.15) is 17.2 Å². The molecule has 22 heavy (non-hydrogen) atoms. The highest BCUT2D eigenvalue weighted by atomic mass is 16.1. The molecule has 0 bridgehead atoms. The Bertz CT molecular complexity index is 833. The monoisotopic (exact) mass is 295 g/mol. The third kappa shape index (κ3) is 2.81. The first kappa shape index (κ1) is 14.2. The summed E-state index contributed by atoms with van der Waals surface area (Å²) in [6.45, 7) is 5.99. The summed E-state index contributed by atoms with van der Waals surface area (Å²) in [6, 6.07) is 5.66. The summed E-state index contributed by atoms with van der Waals surface area (Å²) in [6.07, 6.45) is 3.86. The number of carbonyl (C=O) groups excluding carboxylic acids is 1. The molecule has 0 aromatic carbocycles. The molecule has 0 aliphatic carbocycles. The first-order valence-corrected chi connectivity index (χ1v) is 7.06. The van der Waals surface area contributed by atoms with E-state index >= 15 is 0 Å². The van der Waals surface area contributed by atoms with E-state index in [2.05, 4.69) is 20.3 Å². The number of fused-ring (bicyclic) bond motifs is 1. The first-order chi connectivity index (χ1) is 10.5. The van der Waals surface area contributed by atoms with Gasteiger partial charge in [-0.2, -0.15) is 0 Å². The van der Waals surface area contributed by atoms with Crippen molar-refractivity contribution in [3.05, 3.63) is 59.1 Å². The Morgan fingerprint density at radius 1 is 1.23 bits per heavy atom. The van der Waals surface area contributed by atoms with Gasteiger partial charge < -0.3 is 9.72 Å². The number of rotatable bonds is 3. The van der Waals surface area contributed by atoms with Crippen LogP contribution in [-0.4, -0.2) is 25.3 Å². The summed E-state index contributed by atoms with van der Waals surface area (Å²) in [7, 11) is 0. The predicted octanol–water partition coefficient (Wildman–Crippen LogP) is 1.98. The lowest BCUT2D eigenvalue weighted by molar-refractivity contribution is 0.0945. The van der Waals surface area contributed by atoms with Gasteiger partial charge in [0.05, 0.1) is 12.2 Å². The van der Waals surface area contributed by atoms with Gasteiger partial charge >= 0.3 is 0 Å². The molecule has 0 saturated heterocycles. The second-order valence-electron chi connectivity index (χ2n) is 5.28. The average molecular weight is 295 g/mol. The van der Waals surface area contributed by atoms with Crippen molar-refractivity contribution in [1.82, 2.24) is 24.7 Å². The second-order valence-corrected chi connectivity index (χ2v) is 5.28. The average Bonchev–Trinajstić information content (AvgIpc) is 2.88. The molecule has 0 radical (unpaired) electrons. The van der Waals surface area contributed by atoms with E-state index < -0.39 is 0 Å². The van der Waals surface area contributed by atoms with Gasteiger partial charge in [0.25, 0.3) is 5.91 Å². The molecule has 0 fully saturated rings. The van der Waals surface area contributed by atoms with Gasteiger partial charge in [-0.15, -0.1) is 0 Å². The second kappa shape index (κ2) is 5.55. The SMILES string of the molecule is Cc1cc(C(=O)NCc2cn3cccc(C)c3n2)nc(C)n1. The predicted molar refractivity (Wildman–Crippen MR) is 82.6 cm³/mol. The molecule has 0 aliphatic rings. The number of hydrogen-bond donors (Lipinski definition) is 1. The van der Waals surface area contributed by atoms with Crippen LogP contribution in [-0.2, 0) is 6.54 Å². The van der Waals surface area contributed by atoms with Gasteiger partial charge in [0.2, 0.25) is 0 Å². The minimum Gasteiger partial charge on any atom is -0.345 e. The van der Waals surface area contributed by atoms with Gasteiger partial charge in [0, 0.05) is 18.1 Å². The number of nitrogens with one attached hydrogen (secondary N) is 1. The summed E-state index contributed by atoms with van der Waals surface area (Å²) >= 11 is 0.